The molecule has 0 aromatic carbocycles. The molecule has 13 nitrogen and oxygen atoms in total. The zero-order valence-electron chi connectivity index (χ0n) is 36.2. The summed E-state index contributed by atoms with van der Waals surface area (Å²) in [5.41, 5.74) is 1.75. The van der Waals surface area contributed by atoms with E-state index in [0.717, 1.165) is 30.4 Å². The number of ether oxygens (including phenoxy) is 5. The van der Waals surface area contributed by atoms with E-state index in [0.29, 0.717) is 57.8 Å². The molecule has 0 aromatic heterocycles. The Labute approximate surface area is 340 Å². The normalized spacial score (nSPS) is 32.1. The van der Waals surface area contributed by atoms with E-state index < -0.39 is 66.1 Å². The predicted octanol–water partition coefficient (Wildman–Crippen LogP) is 5.11. The number of methoxy groups -OCH3 is 3. The van der Waals surface area contributed by atoms with Crippen LogP contribution < -0.4 is 0 Å². The third-order valence-corrected chi connectivity index (χ3v) is 12.7. The number of carbonyl (C=O) groups excluding carboxylic acids is 4. The molecular formula is C44H73NO12. The molecule has 1 aliphatic carbocycles. The zero-order chi connectivity index (χ0) is 42.6. The van der Waals surface area contributed by atoms with E-state index in [1.807, 2.05) is 32.9 Å². The third-order valence-electron chi connectivity index (χ3n) is 12.7. The Kier molecular flexibility index (Phi) is 19.5. The molecule has 0 bridgehead atoms. The Morgan fingerprint density at radius 2 is 1.67 bits per heavy atom. The molecular weight excluding hydrogens is 734 g/mol. The van der Waals surface area contributed by atoms with Crippen LogP contribution in [0.4, 0.5) is 0 Å². The first-order valence-corrected chi connectivity index (χ1v) is 21.1. The van der Waals surface area contributed by atoms with Crippen LogP contribution in [0.25, 0.3) is 0 Å². The highest BCUT2D eigenvalue weighted by molar-refractivity contribution is 5.84. The van der Waals surface area contributed by atoms with Crippen LogP contribution in [-0.4, -0.2) is 127 Å². The lowest BCUT2D eigenvalue weighted by Gasteiger charge is -2.45. The number of hydrogen-bond acceptors (Lipinski definition) is 12. The Morgan fingerprint density at radius 3 is 2.26 bits per heavy atom. The van der Waals surface area contributed by atoms with E-state index in [1.165, 1.54) is 6.92 Å². The van der Waals surface area contributed by atoms with Crippen LogP contribution in [0.2, 0.25) is 0 Å². The van der Waals surface area contributed by atoms with Crippen LogP contribution in [0.5, 0.6) is 0 Å². The summed E-state index contributed by atoms with van der Waals surface area (Å²) in [5.74, 6) is -4.10. The van der Waals surface area contributed by atoms with Crippen LogP contribution in [0.3, 0.4) is 0 Å². The monoisotopic (exact) mass is 808 g/mol. The van der Waals surface area contributed by atoms with E-state index >= 15 is 0 Å². The minimum atomic E-state index is -1.91. The Morgan fingerprint density at radius 1 is 0.982 bits per heavy atom. The highest BCUT2D eigenvalue weighted by Gasteiger charge is 2.49. The summed E-state index contributed by atoms with van der Waals surface area (Å²) in [6.45, 7) is 13.3. The average molecular weight is 808 g/mol. The Bertz CT molecular complexity index is 1380. The third kappa shape index (κ3) is 13.2. The predicted molar refractivity (Wildman–Crippen MR) is 215 cm³/mol. The summed E-state index contributed by atoms with van der Waals surface area (Å²) < 4.78 is 29.1. The maximum absolute atomic E-state index is 13.8. The van der Waals surface area contributed by atoms with Crippen molar-refractivity contribution in [2.45, 2.75) is 174 Å². The largest absolute Gasteiger partial charge is 0.456 e. The molecule has 0 radical (unpaired) electrons. The van der Waals surface area contributed by atoms with E-state index in [-0.39, 0.29) is 42.2 Å². The molecule has 0 aromatic rings. The number of aliphatic hydroxyl groups excluding tert-OH is 2. The van der Waals surface area contributed by atoms with Crippen molar-refractivity contribution in [2.75, 3.05) is 27.9 Å². The minimum absolute atomic E-state index is 0.0629. The number of nitrogens with zero attached hydrogens (tertiary/aromatic N) is 1. The van der Waals surface area contributed by atoms with Gasteiger partial charge in [-0.05, 0) is 95.5 Å². The van der Waals surface area contributed by atoms with Crippen molar-refractivity contribution in [1.29, 1.82) is 0 Å². The molecule has 1 amide bonds. The molecule has 1 unspecified atom stereocenters. The number of allylic oxidation sites excluding steroid dienone is 3. The average Bonchev–Trinajstić information content (AvgIpc) is 3.18. The van der Waals surface area contributed by atoms with Crippen LogP contribution >= 0.6 is 0 Å². The Balaban J connectivity index is 1.74. The number of esters is 1. The van der Waals surface area contributed by atoms with E-state index in [2.05, 4.69) is 6.92 Å². The summed E-state index contributed by atoms with van der Waals surface area (Å²) in [6.07, 6.45) is 6.23. The molecule has 13 heteroatoms. The van der Waals surface area contributed by atoms with E-state index in [1.54, 1.807) is 40.1 Å². The number of likely N-dealkylation sites (tertiary alicyclic amines) is 1. The molecule has 2 aliphatic heterocycles. The first-order valence-electron chi connectivity index (χ1n) is 21.1. The molecule has 14 atom stereocenters. The van der Waals surface area contributed by atoms with Crippen LogP contribution in [-0.2, 0) is 42.9 Å². The molecule has 326 valence electrons. The lowest BCUT2D eigenvalue weighted by molar-refractivity contribution is -0.298. The summed E-state index contributed by atoms with van der Waals surface area (Å²) in [7, 11) is 4.73. The lowest BCUT2D eigenvalue weighted by atomic mass is 9.81. The number of carbonyl (C=O) groups is 4. The van der Waals surface area contributed by atoms with Gasteiger partial charge in [0.25, 0.3) is 0 Å². The van der Waals surface area contributed by atoms with Gasteiger partial charge in [0.2, 0.25) is 11.7 Å². The van der Waals surface area contributed by atoms with Crippen LogP contribution in [0.15, 0.2) is 23.3 Å². The second kappa shape index (κ2) is 22.7. The molecule has 0 spiro atoms. The van der Waals surface area contributed by atoms with Gasteiger partial charge in [0.05, 0.1) is 30.5 Å². The first-order chi connectivity index (χ1) is 26.9. The maximum atomic E-state index is 13.8. The van der Waals surface area contributed by atoms with Crippen molar-refractivity contribution in [1.82, 2.24) is 4.90 Å². The van der Waals surface area contributed by atoms with Gasteiger partial charge in [-0.2, -0.15) is 0 Å². The maximum Gasteiger partial charge on any atom is 0.329 e. The van der Waals surface area contributed by atoms with Gasteiger partial charge in [-0.3, -0.25) is 14.4 Å². The number of ketones is 1. The number of hydrogen-bond donors (Lipinski definition) is 3. The number of piperidine rings is 1. The molecule has 2 saturated heterocycles. The van der Waals surface area contributed by atoms with Crippen molar-refractivity contribution in [3.8, 4) is 0 Å². The molecule has 3 aliphatic rings. The number of aldehydes is 1. The fourth-order valence-corrected chi connectivity index (χ4v) is 9.13. The highest BCUT2D eigenvalue weighted by atomic mass is 16.7. The molecule has 2 heterocycles. The number of aliphatic hydroxyl groups is 3. The fourth-order valence-electron chi connectivity index (χ4n) is 9.13. The summed E-state index contributed by atoms with van der Waals surface area (Å²) >= 11 is 0. The van der Waals surface area contributed by atoms with Crippen molar-refractivity contribution >= 4 is 23.9 Å². The first kappa shape index (κ1) is 48.8. The summed E-state index contributed by atoms with van der Waals surface area (Å²) in [5, 5.41) is 32.8. The van der Waals surface area contributed by atoms with Crippen molar-refractivity contribution < 1.29 is 58.2 Å². The van der Waals surface area contributed by atoms with Crippen molar-refractivity contribution in [2.24, 2.45) is 29.6 Å². The second-order valence-corrected chi connectivity index (χ2v) is 17.2. The number of Topliss-reactive ketones (excluding diaryl/α,β-unsaturated/α-hetero) is 1. The van der Waals surface area contributed by atoms with Crippen molar-refractivity contribution in [3.63, 3.8) is 0 Å². The van der Waals surface area contributed by atoms with Gasteiger partial charge in [0.1, 0.15) is 24.0 Å². The van der Waals surface area contributed by atoms with Gasteiger partial charge < -0.3 is 43.9 Å². The minimum Gasteiger partial charge on any atom is -0.456 e. The van der Waals surface area contributed by atoms with Gasteiger partial charge in [0, 0.05) is 59.0 Å². The molecule has 3 rings (SSSR count). The number of amides is 1. The second-order valence-electron chi connectivity index (χ2n) is 17.2. The summed E-state index contributed by atoms with van der Waals surface area (Å²) in [6, 6.07) is -0.709. The van der Waals surface area contributed by atoms with E-state index in [9.17, 15) is 34.5 Å². The fraction of sp³-hybridized carbons (Fsp3) is 0.818. The Hall–Kier alpha value is -2.52. The smallest absolute Gasteiger partial charge is 0.329 e. The van der Waals surface area contributed by atoms with Crippen molar-refractivity contribution in [3.05, 3.63) is 23.3 Å². The quantitative estimate of drug-likeness (QED) is 0.0843. The molecule has 1 saturated carbocycles. The molecule has 3 fully saturated rings. The highest BCUT2D eigenvalue weighted by Crippen LogP contribution is 2.37. The zero-order valence-corrected chi connectivity index (χ0v) is 36.2. The van der Waals surface area contributed by atoms with Gasteiger partial charge in [-0.15, -0.1) is 0 Å². The van der Waals surface area contributed by atoms with Gasteiger partial charge in [-0.25, -0.2) is 4.79 Å². The topological polar surface area (TPSA) is 178 Å². The standard InChI is InChI=1S/C44H73NO12/c1-11-33(19-26(2)18-27(3)20-39(54-9)42-40(55-10)22-29(5)44(52,25-46)57-42)37(50)24-36(49)30(6)41(28(4)21-32-15-16-35(48)38(23-32)53-8)56-43(51)34-14-12-13-17-45(34)31(7)47/h19,21,25,27,29-30,32-36,38-42,48-49,52H,11-18,20,22-24H2,1-10H3/b26-19+,28-21+/t27-,29+,30+,32-,33-,34-,35+,36-,38+,39+,40-,41+,42?,44-/m0/s1. The van der Waals surface area contributed by atoms with E-state index in [4.69, 9.17) is 23.7 Å². The SMILES string of the molecule is CC[C@@H](/C=C(\C)C[C@H](C)C[C@@H](OC)C1O[C@@](O)(C=O)[C@H](C)C[C@@H]1OC)C(=O)C[C@H](O)[C@@H](C)[C@H](OC(=O)[C@@H]1CCCCN1C(C)=O)/C(C)=C/[C@@H]1CC[C@@H](O)[C@H](OC)C1. The van der Waals surface area contributed by atoms with Gasteiger partial charge in [0.15, 0.2) is 6.29 Å². The number of rotatable bonds is 20. The summed E-state index contributed by atoms with van der Waals surface area (Å²) in [4.78, 5) is 53.3. The molecule has 57 heavy (non-hydrogen) atoms. The van der Waals surface area contributed by atoms with Crippen LogP contribution in [0.1, 0.15) is 119 Å². The molecule has 3 N–H and O–H groups in total. The lowest BCUT2D eigenvalue weighted by Crippen LogP contribution is -2.58. The van der Waals surface area contributed by atoms with Gasteiger partial charge in [-0.1, -0.05) is 45.4 Å². The van der Waals surface area contributed by atoms with Gasteiger partial charge >= 0.3 is 5.97 Å². The van der Waals surface area contributed by atoms with Crippen LogP contribution in [0, 0.1) is 29.6 Å².